The van der Waals surface area contributed by atoms with Gasteiger partial charge in [-0.2, -0.15) is 0 Å². The molecule has 0 fully saturated rings. The van der Waals surface area contributed by atoms with E-state index in [0.29, 0.717) is 5.04 Å². The van der Waals surface area contributed by atoms with E-state index in [2.05, 4.69) is 32.6 Å². The molecule has 0 aliphatic carbocycles. The van der Waals surface area contributed by atoms with Crippen molar-refractivity contribution in [1.82, 2.24) is 0 Å². The summed E-state index contributed by atoms with van der Waals surface area (Å²) in [4.78, 5) is 1.28. The first-order chi connectivity index (χ1) is 7.11. The van der Waals surface area contributed by atoms with Gasteiger partial charge in [0.15, 0.2) is 0 Å². The van der Waals surface area contributed by atoms with Gasteiger partial charge in [-0.15, -0.1) is 6.58 Å². The number of thioether (sulfide) groups is 1. The SMILES string of the molecule is C=CC/C(C)=C(\CC=CCC)SC(C)=N. The van der Waals surface area contributed by atoms with Crippen molar-refractivity contribution in [2.75, 3.05) is 0 Å². The molecule has 84 valence electrons. The Morgan fingerprint density at radius 1 is 1.27 bits per heavy atom. The molecule has 15 heavy (non-hydrogen) atoms. The molecule has 0 amide bonds. The lowest BCUT2D eigenvalue weighted by Gasteiger charge is -2.07. The van der Waals surface area contributed by atoms with E-state index in [0.717, 1.165) is 19.3 Å². The predicted molar refractivity (Wildman–Crippen MR) is 72.6 cm³/mol. The van der Waals surface area contributed by atoms with Crippen molar-refractivity contribution >= 4 is 16.8 Å². The molecule has 0 saturated heterocycles. The highest BCUT2D eigenvalue weighted by Gasteiger charge is 2.02. The highest BCUT2D eigenvalue weighted by atomic mass is 32.2. The van der Waals surface area contributed by atoms with E-state index in [1.54, 1.807) is 11.8 Å². The zero-order chi connectivity index (χ0) is 11.7. The van der Waals surface area contributed by atoms with Crippen LogP contribution >= 0.6 is 11.8 Å². The fourth-order valence-corrected chi connectivity index (χ4v) is 1.98. The van der Waals surface area contributed by atoms with Crippen molar-refractivity contribution in [2.45, 2.75) is 40.0 Å². The van der Waals surface area contributed by atoms with Gasteiger partial charge >= 0.3 is 0 Å². The summed E-state index contributed by atoms with van der Waals surface area (Å²) >= 11 is 1.56. The van der Waals surface area contributed by atoms with Crippen LogP contribution in [0.25, 0.3) is 0 Å². The molecular weight excluding hydrogens is 202 g/mol. The lowest BCUT2D eigenvalue weighted by atomic mass is 10.1. The summed E-state index contributed by atoms with van der Waals surface area (Å²) in [6.07, 6.45) is 9.18. The van der Waals surface area contributed by atoms with Crippen molar-refractivity contribution < 1.29 is 0 Å². The molecule has 1 N–H and O–H groups in total. The van der Waals surface area contributed by atoms with Crippen molar-refractivity contribution in [1.29, 1.82) is 5.41 Å². The average molecular weight is 223 g/mol. The standard InChI is InChI=1S/C13H21NS/c1-5-7-8-10-13(15-12(4)14)11(3)9-6-2/h6-8,14H,2,5,9-10H2,1,3-4H3/b8-7?,13-11+,14-12?. The van der Waals surface area contributed by atoms with Crippen LogP contribution in [-0.4, -0.2) is 5.04 Å². The van der Waals surface area contributed by atoms with E-state index in [9.17, 15) is 0 Å². The maximum absolute atomic E-state index is 7.51. The fraction of sp³-hybridized carbons (Fsp3) is 0.462. The van der Waals surface area contributed by atoms with E-state index in [1.807, 2.05) is 13.0 Å². The number of hydrogen-bond acceptors (Lipinski definition) is 2. The van der Waals surface area contributed by atoms with E-state index in [1.165, 1.54) is 10.5 Å². The maximum Gasteiger partial charge on any atom is 0.0655 e. The molecule has 0 radical (unpaired) electrons. The Labute approximate surface area is 97.9 Å². The molecule has 0 aromatic heterocycles. The smallest absolute Gasteiger partial charge is 0.0655 e. The summed E-state index contributed by atoms with van der Waals surface area (Å²) in [5.74, 6) is 0. The summed E-state index contributed by atoms with van der Waals surface area (Å²) in [5, 5.41) is 8.16. The van der Waals surface area contributed by atoms with Crippen LogP contribution < -0.4 is 0 Å². The quantitative estimate of drug-likeness (QED) is 0.385. The highest BCUT2D eigenvalue weighted by molar-refractivity contribution is 8.17. The molecule has 1 nitrogen and oxygen atoms in total. The van der Waals surface area contributed by atoms with Crippen molar-refractivity contribution in [3.8, 4) is 0 Å². The van der Waals surface area contributed by atoms with Gasteiger partial charge in [0.05, 0.1) is 5.04 Å². The van der Waals surface area contributed by atoms with Crippen LogP contribution in [0.1, 0.15) is 40.0 Å². The summed E-state index contributed by atoms with van der Waals surface area (Å²) in [5.41, 5.74) is 1.32. The zero-order valence-electron chi connectivity index (χ0n) is 9.97. The first-order valence-electron chi connectivity index (χ1n) is 5.29. The second kappa shape index (κ2) is 8.54. The van der Waals surface area contributed by atoms with E-state index in [4.69, 9.17) is 5.41 Å². The lowest BCUT2D eigenvalue weighted by molar-refractivity contribution is 1.14. The van der Waals surface area contributed by atoms with Crippen LogP contribution in [0, 0.1) is 5.41 Å². The van der Waals surface area contributed by atoms with Crippen LogP contribution in [0.4, 0.5) is 0 Å². The normalized spacial score (nSPS) is 12.7. The maximum atomic E-state index is 7.51. The van der Waals surface area contributed by atoms with Gasteiger partial charge < -0.3 is 0 Å². The summed E-state index contributed by atoms with van der Waals surface area (Å²) in [6.45, 7) is 9.82. The minimum atomic E-state index is 0.651. The first-order valence-corrected chi connectivity index (χ1v) is 6.11. The molecule has 2 heteroatoms. The van der Waals surface area contributed by atoms with Crippen LogP contribution in [0.15, 0.2) is 35.3 Å². The summed E-state index contributed by atoms with van der Waals surface area (Å²) in [7, 11) is 0. The average Bonchev–Trinajstić information content (AvgIpc) is 2.16. The van der Waals surface area contributed by atoms with Crippen LogP contribution in [0.3, 0.4) is 0 Å². The second-order valence-electron chi connectivity index (χ2n) is 3.44. The summed E-state index contributed by atoms with van der Waals surface area (Å²) in [6, 6.07) is 0. The molecule has 0 heterocycles. The predicted octanol–water partition coefficient (Wildman–Crippen LogP) is 4.92. The van der Waals surface area contributed by atoms with E-state index >= 15 is 0 Å². The monoisotopic (exact) mass is 223 g/mol. The Kier molecular flexibility index (Phi) is 8.11. The molecule has 0 bridgehead atoms. The topological polar surface area (TPSA) is 23.9 Å². The third kappa shape index (κ3) is 7.20. The first kappa shape index (κ1) is 14.2. The second-order valence-corrected chi connectivity index (χ2v) is 4.75. The molecule has 0 aromatic rings. The number of rotatable bonds is 6. The third-order valence-corrected chi connectivity index (χ3v) is 2.98. The van der Waals surface area contributed by atoms with Gasteiger partial charge in [0, 0.05) is 0 Å². The van der Waals surface area contributed by atoms with Gasteiger partial charge in [-0.05, 0) is 38.0 Å². The fourth-order valence-electron chi connectivity index (χ4n) is 1.18. The van der Waals surface area contributed by atoms with Gasteiger partial charge in [-0.3, -0.25) is 5.41 Å². The minimum Gasteiger partial charge on any atom is -0.298 e. The number of allylic oxidation sites excluding steroid dienone is 5. The molecule has 0 aromatic carbocycles. The van der Waals surface area contributed by atoms with E-state index < -0.39 is 0 Å². The number of hydrogen-bond donors (Lipinski definition) is 1. The lowest BCUT2D eigenvalue weighted by Crippen LogP contribution is -1.88. The van der Waals surface area contributed by atoms with Gasteiger partial charge in [0.1, 0.15) is 0 Å². The van der Waals surface area contributed by atoms with Crippen molar-refractivity contribution in [3.05, 3.63) is 35.3 Å². The number of nitrogens with one attached hydrogen (secondary N) is 1. The van der Waals surface area contributed by atoms with Gasteiger partial charge in [0.25, 0.3) is 0 Å². The summed E-state index contributed by atoms with van der Waals surface area (Å²) < 4.78 is 0. The molecule has 0 unspecified atom stereocenters. The van der Waals surface area contributed by atoms with Gasteiger partial charge in [0.2, 0.25) is 0 Å². The molecule has 0 rings (SSSR count). The Hall–Kier alpha value is -0.760. The van der Waals surface area contributed by atoms with Crippen molar-refractivity contribution in [2.24, 2.45) is 0 Å². The van der Waals surface area contributed by atoms with Crippen LogP contribution in [0.5, 0.6) is 0 Å². The largest absolute Gasteiger partial charge is 0.298 e. The molecule has 0 aliphatic rings. The van der Waals surface area contributed by atoms with Crippen LogP contribution in [-0.2, 0) is 0 Å². The van der Waals surface area contributed by atoms with Crippen LogP contribution in [0.2, 0.25) is 0 Å². The third-order valence-electron chi connectivity index (χ3n) is 1.91. The minimum absolute atomic E-state index is 0.651. The molecule has 0 atom stereocenters. The zero-order valence-corrected chi connectivity index (χ0v) is 10.8. The molecule has 0 aliphatic heterocycles. The Morgan fingerprint density at radius 2 is 1.93 bits per heavy atom. The van der Waals surface area contributed by atoms with Crippen molar-refractivity contribution in [3.63, 3.8) is 0 Å². The Balaban J connectivity index is 4.55. The Bertz CT molecular complexity index is 274. The highest BCUT2D eigenvalue weighted by Crippen LogP contribution is 2.26. The molecule has 0 saturated carbocycles. The molecular formula is C13H21NS. The molecule has 0 spiro atoms. The van der Waals surface area contributed by atoms with E-state index in [-0.39, 0.29) is 0 Å². The van der Waals surface area contributed by atoms with Gasteiger partial charge in [-0.25, -0.2) is 0 Å². The Morgan fingerprint density at radius 3 is 2.40 bits per heavy atom. The van der Waals surface area contributed by atoms with Gasteiger partial charge in [-0.1, -0.05) is 42.5 Å².